The van der Waals surface area contributed by atoms with Crippen molar-refractivity contribution < 1.29 is 45.8 Å². The molecule has 276 valence electrons. The summed E-state index contributed by atoms with van der Waals surface area (Å²) in [6.07, 6.45) is 0.416. The highest BCUT2D eigenvalue weighted by Gasteiger charge is 2.60. The summed E-state index contributed by atoms with van der Waals surface area (Å²) in [4.78, 5) is 39.4. The molecule has 2 aromatic rings. The fourth-order valence-electron chi connectivity index (χ4n) is 6.73. The molecular formula is C36H50N2O10S2. The zero-order valence-electron chi connectivity index (χ0n) is 30.0. The highest BCUT2D eigenvalue weighted by molar-refractivity contribution is 7.92. The smallest absolute Gasteiger partial charge is 0.411 e. The number of rotatable bonds is 6. The molecule has 50 heavy (non-hydrogen) atoms. The number of fused-ring (bicyclic) bond motifs is 2. The summed E-state index contributed by atoms with van der Waals surface area (Å²) in [6, 6.07) is 10.9. The molecule has 4 unspecified atom stereocenters. The van der Waals surface area contributed by atoms with E-state index in [1.54, 1.807) is 90.1 Å². The lowest BCUT2D eigenvalue weighted by molar-refractivity contribution is -0.112. The topological polar surface area (TPSA) is 165 Å². The van der Waals surface area contributed by atoms with Gasteiger partial charge in [-0.25, -0.2) is 26.4 Å². The van der Waals surface area contributed by atoms with E-state index in [2.05, 4.69) is 0 Å². The molecule has 0 aliphatic carbocycles. The number of amides is 2. The van der Waals surface area contributed by atoms with Crippen LogP contribution in [-0.2, 0) is 33.9 Å². The molecule has 3 fully saturated rings. The molecule has 12 nitrogen and oxygen atoms in total. The van der Waals surface area contributed by atoms with Gasteiger partial charge in [-0.1, -0.05) is 35.4 Å². The molecule has 5 rings (SSSR count). The van der Waals surface area contributed by atoms with E-state index in [-0.39, 0.29) is 15.5 Å². The molecule has 3 heterocycles. The molecule has 0 radical (unpaired) electrons. The summed E-state index contributed by atoms with van der Waals surface area (Å²) < 4.78 is 62.3. The number of ether oxygens (including phenoxy) is 2. The van der Waals surface area contributed by atoms with Gasteiger partial charge < -0.3 is 19.4 Å². The normalized spacial score (nSPS) is 25.1. The first-order valence-corrected chi connectivity index (χ1v) is 20.0. The SMILES string of the molecule is Cc1ccc(S(=O)(=O)C2C(O)C3CCC2N3C(=O)OC(C)(C)C)cc1.Cc1ccc(S(=O)(=O)C[C@@H]2CC[C@H](C=O)N2C(=O)OC(C)(C)C)cc1. The number of aryl methyl sites for hydroxylation is 2. The number of likely N-dealkylation sites (tertiary alicyclic amines) is 1. The zero-order chi connectivity index (χ0) is 37.4. The number of carbonyl (C=O) groups excluding carboxylic acids is 3. The van der Waals surface area contributed by atoms with Crippen LogP contribution in [0, 0.1) is 13.8 Å². The van der Waals surface area contributed by atoms with Crippen LogP contribution in [0.4, 0.5) is 9.59 Å². The maximum absolute atomic E-state index is 13.1. The lowest BCUT2D eigenvalue weighted by Gasteiger charge is -2.30. The van der Waals surface area contributed by atoms with Crippen molar-refractivity contribution in [1.29, 1.82) is 0 Å². The van der Waals surface area contributed by atoms with Crippen molar-refractivity contribution in [2.45, 2.75) is 138 Å². The van der Waals surface area contributed by atoms with Crippen molar-refractivity contribution in [2.75, 3.05) is 5.75 Å². The maximum Gasteiger partial charge on any atom is 0.411 e. The summed E-state index contributed by atoms with van der Waals surface area (Å²) in [7, 11) is -7.31. The first-order valence-electron chi connectivity index (χ1n) is 16.8. The van der Waals surface area contributed by atoms with Crippen LogP contribution in [0.25, 0.3) is 0 Å². The van der Waals surface area contributed by atoms with E-state index < -0.39 is 78.6 Å². The minimum Gasteiger partial charge on any atom is -0.444 e. The van der Waals surface area contributed by atoms with E-state index in [1.807, 2.05) is 13.8 Å². The Labute approximate surface area is 296 Å². The van der Waals surface area contributed by atoms with Gasteiger partial charge in [-0.3, -0.25) is 9.80 Å². The fourth-order valence-corrected chi connectivity index (χ4v) is 10.4. The molecule has 3 aliphatic rings. The molecule has 0 spiro atoms. The van der Waals surface area contributed by atoms with E-state index >= 15 is 0 Å². The van der Waals surface area contributed by atoms with Gasteiger partial charge in [-0.2, -0.15) is 0 Å². The third-order valence-corrected chi connectivity index (χ3v) is 13.0. The lowest BCUT2D eigenvalue weighted by Crippen LogP contribution is -2.47. The molecule has 2 bridgehead atoms. The van der Waals surface area contributed by atoms with Gasteiger partial charge in [0.15, 0.2) is 19.7 Å². The number of aliphatic hydroxyl groups excluding tert-OH is 1. The van der Waals surface area contributed by atoms with Crippen molar-refractivity contribution in [2.24, 2.45) is 0 Å². The first kappa shape index (κ1) is 39.3. The molecule has 0 saturated carbocycles. The number of aliphatic hydroxyl groups is 1. The van der Waals surface area contributed by atoms with Crippen LogP contribution in [0.5, 0.6) is 0 Å². The number of hydrogen-bond donors (Lipinski definition) is 1. The molecule has 14 heteroatoms. The Hall–Kier alpha value is -3.49. The van der Waals surface area contributed by atoms with Crippen LogP contribution in [0.1, 0.15) is 78.4 Å². The van der Waals surface area contributed by atoms with Gasteiger partial charge in [-0.15, -0.1) is 0 Å². The van der Waals surface area contributed by atoms with Gasteiger partial charge in [0, 0.05) is 0 Å². The van der Waals surface area contributed by atoms with E-state index in [4.69, 9.17) is 9.47 Å². The van der Waals surface area contributed by atoms with E-state index in [9.17, 15) is 36.3 Å². The van der Waals surface area contributed by atoms with E-state index in [0.29, 0.717) is 32.0 Å². The average Bonchev–Trinajstić information content (AvgIpc) is 3.67. The second-order valence-corrected chi connectivity index (χ2v) is 19.5. The Morgan fingerprint density at radius 3 is 1.68 bits per heavy atom. The molecule has 0 aromatic heterocycles. The second kappa shape index (κ2) is 14.6. The fraction of sp³-hybridized carbons (Fsp3) is 0.583. The summed E-state index contributed by atoms with van der Waals surface area (Å²) in [6.45, 7) is 14.2. The van der Waals surface area contributed by atoms with Crippen molar-refractivity contribution >= 4 is 38.1 Å². The van der Waals surface area contributed by atoms with Crippen LogP contribution < -0.4 is 0 Å². The minimum atomic E-state index is -3.75. The molecule has 2 amide bonds. The largest absolute Gasteiger partial charge is 0.444 e. The molecule has 3 saturated heterocycles. The number of sulfone groups is 2. The van der Waals surface area contributed by atoms with Crippen LogP contribution in [-0.4, -0.2) is 103 Å². The van der Waals surface area contributed by atoms with Crippen molar-refractivity contribution in [3.63, 3.8) is 0 Å². The van der Waals surface area contributed by atoms with E-state index in [1.165, 1.54) is 9.80 Å². The zero-order valence-corrected chi connectivity index (χ0v) is 31.7. The van der Waals surface area contributed by atoms with Crippen molar-refractivity contribution in [3.8, 4) is 0 Å². The maximum atomic E-state index is 13.1. The second-order valence-electron chi connectivity index (χ2n) is 15.3. The third kappa shape index (κ3) is 8.86. The van der Waals surface area contributed by atoms with Gasteiger partial charge in [0.2, 0.25) is 0 Å². The quantitative estimate of drug-likeness (QED) is 0.399. The number of hydrogen-bond acceptors (Lipinski definition) is 10. The minimum absolute atomic E-state index is 0.179. The van der Waals surface area contributed by atoms with Crippen LogP contribution in [0.15, 0.2) is 58.3 Å². The van der Waals surface area contributed by atoms with Crippen LogP contribution >= 0.6 is 0 Å². The highest BCUT2D eigenvalue weighted by atomic mass is 32.2. The summed E-state index contributed by atoms with van der Waals surface area (Å²) >= 11 is 0. The van der Waals surface area contributed by atoms with Crippen LogP contribution in [0.2, 0.25) is 0 Å². The summed E-state index contributed by atoms with van der Waals surface area (Å²) in [5, 5.41) is 9.61. The Morgan fingerprint density at radius 1 is 0.740 bits per heavy atom. The summed E-state index contributed by atoms with van der Waals surface area (Å²) in [5.74, 6) is -0.223. The van der Waals surface area contributed by atoms with Gasteiger partial charge >= 0.3 is 12.2 Å². The Kier molecular flexibility index (Phi) is 11.5. The third-order valence-electron chi connectivity index (χ3n) is 8.99. The average molecular weight is 735 g/mol. The number of nitrogens with zero attached hydrogens (tertiary/aromatic N) is 2. The number of benzene rings is 2. The molecule has 1 N–H and O–H groups in total. The van der Waals surface area contributed by atoms with Gasteiger partial charge in [-0.05, 0) is 105 Å². The first-order chi connectivity index (χ1) is 23.1. The Bertz CT molecular complexity index is 1760. The number of aldehydes is 1. The highest BCUT2D eigenvalue weighted by Crippen LogP contribution is 2.43. The standard InChI is InChI=1S/2C18H25NO5S/c1-11-5-7-12(8-6-11)25(22,23)16-14-10-9-13(15(16)20)19(14)17(21)24-18(2,3)4;1-13-5-9-16(10-6-13)25(22,23)12-15-8-7-14(11-20)19(15)17(21)24-18(2,3)4/h5-8,13-16,20H,9-10H2,1-4H3;5-6,9-11,14-15H,7-8,12H2,1-4H3/t;14-,15+/m.1/s1. The molecule has 3 aliphatic heterocycles. The van der Waals surface area contributed by atoms with Gasteiger partial charge in [0.05, 0.1) is 45.8 Å². The van der Waals surface area contributed by atoms with Crippen molar-refractivity contribution in [3.05, 3.63) is 59.7 Å². The Balaban J connectivity index is 0.000000225. The number of carbonyl (C=O) groups is 3. The predicted molar refractivity (Wildman–Crippen MR) is 187 cm³/mol. The predicted octanol–water partition coefficient (Wildman–Crippen LogP) is 5.02. The summed E-state index contributed by atoms with van der Waals surface area (Å²) in [5.41, 5.74) is 0.544. The van der Waals surface area contributed by atoms with Gasteiger partial charge in [0.25, 0.3) is 0 Å². The van der Waals surface area contributed by atoms with Crippen molar-refractivity contribution in [1.82, 2.24) is 9.80 Å². The molecular weight excluding hydrogens is 685 g/mol. The Morgan fingerprint density at radius 2 is 1.20 bits per heavy atom. The molecule has 6 atom stereocenters. The molecule has 2 aromatic carbocycles. The van der Waals surface area contributed by atoms with Crippen LogP contribution in [0.3, 0.4) is 0 Å². The van der Waals surface area contributed by atoms with E-state index in [0.717, 1.165) is 11.1 Å². The lowest BCUT2D eigenvalue weighted by atomic mass is 9.97. The monoisotopic (exact) mass is 734 g/mol. The van der Waals surface area contributed by atoms with Gasteiger partial charge in [0.1, 0.15) is 22.7 Å².